The van der Waals surface area contributed by atoms with Crippen molar-refractivity contribution in [1.82, 2.24) is 9.80 Å². The summed E-state index contributed by atoms with van der Waals surface area (Å²) in [6.45, 7) is 7.65. The number of rotatable bonds is 6. The van der Waals surface area contributed by atoms with Crippen molar-refractivity contribution >= 4 is 12.6 Å². The Morgan fingerprint density at radius 3 is 2.50 bits per heavy atom. The molecule has 0 atom stereocenters. The smallest absolute Gasteiger partial charge is 0.127 e. The van der Waals surface area contributed by atoms with E-state index in [0.29, 0.717) is 11.9 Å². The van der Waals surface area contributed by atoms with Gasteiger partial charge in [-0.1, -0.05) is 13.2 Å². The Morgan fingerprint density at radius 2 is 2.06 bits per heavy atom. The van der Waals surface area contributed by atoms with Crippen molar-refractivity contribution in [2.45, 2.75) is 18.9 Å². The lowest BCUT2D eigenvalue weighted by Crippen LogP contribution is -2.41. The van der Waals surface area contributed by atoms with Crippen LogP contribution in [0.3, 0.4) is 0 Å². The Morgan fingerprint density at radius 1 is 1.44 bits per heavy atom. The minimum atomic E-state index is 0.193. The summed E-state index contributed by atoms with van der Waals surface area (Å²) in [5.41, 5.74) is 0. The minimum Gasteiger partial charge on any atom is -0.369 e. The highest BCUT2D eigenvalue weighted by molar-refractivity contribution is 5.56. The van der Waals surface area contributed by atoms with Gasteiger partial charge in [-0.25, -0.2) is 4.99 Å². The van der Waals surface area contributed by atoms with Gasteiger partial charge in [0.1, 0.15) is 12.1 Å². The topological polar surface area (TPSA) is 35.9 Å². The zero-order valence-electron chi connectivity index (χ0n) is 9.97. The molecule has 0 spiro atoms. The van der Waals surface area contributed by atoms with Gasteiger partial charge in [-0.05, 0) is 19.0 Å². The van der Waals surface area contributed by atoms with Crippen molar-refractivity contribution in [1.29, 1.82) is 0 Å². The molecule has 0 N–H and O–H groups in total. The van der Waals surface area contributed by atoms with Crippen LogP contribution in [0.25, 0.3) is 0 Å². The molecule has 0 bridgehead atoms. The lowest BCUT2D eigenvalue weighted by molar-refractivity contribution is -0.114. The van der Waals surface area contributed by atoms with Crippen LogP contribution in [-0.4, -0.2) is 42.6 Å². The van der Waals surface area contributed by atoms with Crippen molar-refractivity contribution in [2.24, 2.45) is 10.9 Å². The van der Waals surface area contributed by atoms with Crippen LogP contribution < -0.4 is 0 Å². The number of carbonyl (C=O) groups is 1. The highest BCUT2D eigenvalue weighted by Gasteiger charge is 2.32. The summed E-state index contributed by atoms with van der Waals surface area (Å²) in [5, 5.41) is 0. The number of hydrogen-bond acceptors (Lipinski definition) is 3. The third-order valence-electron chi connectivity index (χ3n) is 2.67. The second-order valence-electron chi connectivity index (χ2n) is 4.24. The second kappa shape index (κ2) is 5.49. The zero-order valence-corrected chi connectivity index (χ0v) is 9.97. The van der Waals surface area contributed by atoms with Crippen molar-refractivity contribution in [3.63, 3.8) is 0 Å². The van der Waals surface area contributed by atoms with Crippen LogP contribution in [-0.2, 0) is 4.79 Å². The van der Waals surface area contributed by atoms with Gasteiger partial charge in [0.2, 0.25) is 0 Å². The highest BCUT2D eigenvalue weighted by Crippen LogP contribution is 2.32. The summed E-state index contributed by atoms with van der Waals surface area (Å²) in [6, 6.07) is 0.319. The van der Waals surface area contributed by atoms with Gasteiger partial charge in [0.15, 0.2) is 0 Å². The summed E-state index contributed by atoms with van der Waals surface area (Å²) in [6.07, 6.45) is 6.18. The summed E-state index contributed by atoms with van der Waals surface area (Å²) >= 11 is 0. The predicted octanol–water partition coefficient (Wildman–Crippen LogP) is 1.47. The third-order valence-corrected chi connectivity index (χ3v) is 2.67. The molecular formula is C12H19N3O. The molecule has 0 heterocycles. The average Bonchev–Trinajstić information content (AvgIpc) is 2.19. The SMILES string of the molecule is C=CN(C(=C)N=CN(C)C)C1CC(C=O)C1. The number of nitrogens with zero attached hydrogens (tertiary/aromatic N) is 3. The van der Waals surface area contributed by atoms with Crippen LogP contribution in [0.1, 0.15) is 12.8 Å². The van der Waals surface area contributed by atoms with Crippen molar-refractivity contribution in [3.05, 3.63) is 25.2 Å². The molecule has 4 nitrogen and oxygen atoms in total. The Hall–Kier alpha value is -1.58. The fraction of sp³-hybridized carbons (Fsp3) is 0.500. The summed E-state index contributed by atoms with van der Waals surface area (Å²) in [7, 11) is 3.81. The van der Waals surface area contributed by atoms with Gasteiger partial charge in [0.05, 0.1) is 6.34 Å². The largest absolute Gasteiger partial charge is 0.369 e. The molecule has 1 saturated carbocycles. The molecule has 0 unspecified atom stereocenters. The summed E-state index contributed by atoms with van der Waals surface area (Å²) in [5.74, 6) is 0.858. The molecular weight excluding hydrogens is 202 g/mol. The molecule has 0 aromatic rings. The quantitative estimate of drug-likeness (QED) is 0.387. The first-order valence-electron chi connectivity index (χ1n) is 5.34. The van der Waals surface area contributed by atoms with Gasteiger partial charge in [-0.3, -0.25) is 0 Å². The van der Waals surface area contributed by atoms with E-state index in [1.54, 1.807) is 12.5 Å². The van der Waals surface area contributed by atoms with Gasteiger partial charge >= 0.3 is 0 Å². The number of aldehydes is 1. The average molecular weight is 221 g/mol. The Balaban J connectivity index is 2.52. The van der Waals surface area contributed by atoms with E-state index < -0.39 is 0 Å². The molecule has 4 heteroatoms. The molecule has 0 aromatic heterocycles. The Kier molecular flexibility index (Phi) is 4.28. The standard InChI is InChI=1S/C12H19N3O/c1-5-15(10(2)13-9-14(3)4)12-6-11(7-12)8-16/h5,8-9,11-12H,1-2,6-7H2,3-4H3. The lowest BCUT2D eigenvalue weighted by Gasteiger charge is -2.39. The van der Waals surface area contributed by atoms with Crippen LogP contribution >= 0.6 is 0 Å². The van der Waals surface area contributed by atoms with Crippen LogP contribution in [0.15, 0.2) is 30.2 Å². The van der Waals surface area contributed by atoms with E-state index in [4.69, 9.17) is 0 Å². The second-order valence-corrected chi connectivity index (χ2v) is 4.24. The van der Waals surface area contributed by atoms with Crippen LogP contribution in [0.2, 0.25) is 0 Å². The first-order valence-corrected chi connectivity index (χ1v) is 5.34. The van der Waals surface area contributed by atoms with E-state index in [-0.39, 0.29) is 5.92 Å². The highest BCUT2D eigenvalue weighted by atomic mass is 16.1. The molecule has 88 valence electrons. The van der Waals surface area contributed by atoms with Crippen LogP contribution in [0.5, 0.6) is 0 Å². The molecule has 0 aromatic carbocycles. The van der Waals surface area contributed by atoms with Crippen molar-refractivity contribution in [3.8, 4) is 0 Å². The molecule has 16 heavy (non-hydrogen) atoms. The van der Waals surface area contributed by atoms with E-state index in [1.807, 2.05) is 23.9 Å². The van der Waals surface area contributed by atoms with E-state index in [0.717, 1.165) is 19.1 Å². The van der Waals surface area contributed by atoms with Crippen LogP contribution in [0.4, 0.5) is 0 Å². The van der Waals surface area contributed by atoms with E-state index >= 15 is 0 Å². The third kappa shape index (κ3) is 2.95. The fourth-order valence-corrected chi connectivity index (χ4v) is 1.68. The maximum atomic E-state index is 10.5. The molecule has 0 saturated heterocycles. The van der Waals surface area contributed by atoms with Gasteiger partial charge in [0.25, 0.3) is 0 Å². The van der Waals surface area contributed by atoms with Gasteiger partial charge in [-0.15, -0.1) is 0 Å². The van der Waals surface area contributed by atoms with E-state index in [9.17, 15) is 4.79 Å². The maximum absolute atomic E-state index is 10.5. The minimum absolute atomic E-state index is 0.193. The predicted molar refractivity (Wildman–Crippen MR) is 65.9 cm³/mol. The molecule has 0 amide bonds. The monoisotopic (exact) mass is 221 g/mol. The first kappa shape index (κ1) is 12.5. The summed E-state index contributed by atoms with van der Waals surface area (Å²) < 4.78 is 0. The van der Waals surface area contributed by atoms with E-state index in [1.165, 1.54) is 0 Å². The van der Waals surface area contributed by atoms with E-state index in [2.05, 4.69) is 18.2 Å². The normalized spacial score (nSPS) is 23.6. The fourth-order valence-electron chi connectivity index (χ4n) is 1.68. The number of carbonyl (C=O) groups excluding carboxylic acids is 1. The van der Waals surface area contributed by atoms with Gasteiger partial charge in [-0.2, -0.15) is 0 Å². The van der Waals surface area contributed by atoms with Crippen molar-refractivity contribution in [2.75, 3.05) is 14.1 Å². The zero-order chi connectivity index (χ0) is 12.1. The van der Waals surface area contributed by atoms with Crippen LogP contribution in [0, 0.1) is 5.92 Å². The Bertz CT molecular complexity index is 303. The van der Waals surface area contributed by atoms with Gasteiger partial charge < -0.3 is 14.6 Å². The van der Waals surface area contributed by atoms with Gasteiger partial charge in [0, 0.05) is 26.1 Å². The number of hydrogen-bond donors (Lipinski definition) is 0. The maximum Gasteiger partial charge on any atom is 0.127 e. The first-order chi connectivity index (χ1) is 7.58. The molecule has 1 rings (SSSR count). The Labute approximate surface area is 96.9 Å². The molecule has 0 radical (unpaired) electrons. The molecule has 1 aliphatic rings. The number of aliphatic imine (C=N–C) groups is 1. The molecule has 1 aliphatic carbocycles. The molecule has 1 fully saturated rings. The lowest BCUT2D eigenvalue weighted by atomic mass is 9.80. The van der Waals surface area contributed by atoms with Crippen molar-refractivity contribution < 1.29 is 4.79 Å². The summed E-state index contributed by atoms with van der Waals surface area (Å²) in [4.78, 5) is 18.5. The molecule has 0 aliphatic heterocycles.